The zero-order valence-electron chi connectivity index (χ0n) is 15.5. The third kappa shape index (κ3) is 3.87. The van der Waals surface area contributed by atoms with Crippen LogP contribution < -0.4 is 5.32 Å². The van der Waals surface area contributed by atoms with Gasteiger partial charge in [-0.2, -0.15) is 13.2 Å². The number of aryl methyl sites for hydroxylation is 2. The Morgan fingerprint density at radius 1 is 1.18 bits per heavy atom. The molecular formula is C21H20ClF3N2O. The molecule has 1 N–H and O–H groups in total. The van der Waals surface area contributed by atoms with Crippen LogP contribution in [0.1, 0.15) is 41.4 Å². The van der Waals surface area contributed by atoms with Gasteiger partial charge in [-0.05, 0) is 43.2 Å². The van der Waals surface area contributed by atoms with Gasteiger partial charge in [0.2, 0.25) is 0 Å². The highest BCUT2D eigenvalue weighted by molar-refractivity contribution is 6.30. The molecule has 0 bridgehead atoms. The highest BCUT2D eigenvalue weighted by atomic mass is 35.5. The number of aromatic nitrogens is 1. The number of carbonyl (C=O) groups excluding carboxylic acids is 1. The first-order valence-electron chi connectivity index (χ1n) is 9.00. The predicted molar refractivity (Wildman–Crippen MR) is 106 cm³/mol. The number of nitrogens with one attached hydrogen (secondary N) is 1. The molecule has 0 radical (unpaired) electrons. The van der Waals surface area contributed by atoms with Crippen molar-refractivity contribution in [1.29, 1.82) is 0 Å². The Bertz CT molecular complexity index is 1020. The van der Waals surface area contributed by atoms with E-state index in [4.69, 9.17) is 11.6 Å². The number of amides is 1. The molecule has 3 aromatic rings. The van der Waals surface area contributed by atoms with Crippen LogP contribution in [-0.4, -0.2) is 10.5 Å². The minimum absolute atomic E-state index is 0.0430. The lowest BCUT2D eigenvalue weighted by Crippen LogP contribution is -2.20. The van der Waals surface area contributed by atoms with Crippen LogP contribution in [-0.2, 0) is 12.7 Å². The summed E-state index contributed by atoms with van der Waals surface area (Å²) in [5.41, 5.74) is 0.728. The molecule has 0 aliphatic heterocycles. The Kier molecular flexibility index (Phi) is 5.70. The van der Waals surface area contributed by atoms with E-state index in [-0.39, 0.29) is 10.7 Å². The molecule has 28 heavy (non-hydrogen) atoms. The molecule has 0 fully saturated rings. The van der Waals surface area contributed by atoms with Gasteiger partial charge in [-0.3, -0.25) is 4.79 Å². The summed E-state index contributed by atoms with van der Waals surface area (Å²) in [5.74, 6) is -0.572. The third-order valence-corrected chi connectivity index (χ3v) is 4.94. The van der Waals surface area contributed by atoms with Crippen molar-refractivity contribution in [3.05, 3.63) is 64.3 Å². The number of nitrogens with zero attached hydrogens (tertiary/aromatic N) is 1. The quantitative estimate of drug-likeness (QED) is 0.502. The van der Waals surface area contributed by atoms with E-state index in [0.29, 0.717) is 12.2 Å². The van der Waals surface area contributed by atoms with Crippen molar-refractivity contribution in [3.63, 3.8) is 0 Å². The minimum atomic E-state index is -4.63. The normalized spacial score (nSPS) is 11.8. The van der Waals surface area contributed by atoms with Gasteiger partial charge in [0.15, 0.2) is 0 Å². The minimum Gasteiger partial charge on any atom is -0.336 e. The fraction of sp³-hybridized carbons (Fsp3) is 0.286. The summed E-state index contributed by atoms with van der Waals surface area (Å²) < 4.78 is 42.0. The molecule has 0 aliphatic rings. The Morgan fingerprint density at radius 2 is 1.89 bits per heavy atom. The van der Waals surface area contributed by atoms with E-state index in [1.165, 1.54) is 12.1 Å². The zero-order chi connectivity index (χ0) is 20.5. The largest absolute Gasteiger partial charge is 0.418 e. The first kappa shape index (κ1) is 20.3. The van der Waals surface area contributed by atoms with E-state index in [1.54, 1.807) is 0 Å². The van der Waals surface area contributed by atoms with Crippen molar-refractivity contribution in [1.82, 2.24) is 4.57 Å². The number of carbonyl (C=O) groups is 1. The van der Waals surface area contributed by atoms with E-state index in [2.05, 4.69) is 5.32 Å². The van der Waals surface area contributed by atoms with Crippen LogP contribution in [0, 0.1) is 6.92 Å². The topological polar surface area (TPSA) is 34.0 Å². The Balaban J connectivity index is 2.07. The molecule has 3 nitrogen and oxygen atoms in total. The maximum Gasteiger partial charge on any atom is 0.418 e. The highest BCUT2D eigenvalue weighted by Crippen LogP contribution is 2.37. The SMILES string of the molecule is CCCCn1c(C(=O)Nc2ccc(Cl)cc2C(F)(F)F)c(C)c2ccccc21. The fourth-order valence-electron chi connectivity index (χ4n) is 3.36. The fourth-order valence-corrected chi connectivity index (χ4v) is 3.53. The van der Waals surface area contributed by atoms with E-state index in [1.807, 2.05) is 42.7 Å². The van der Waals surface area contributed by atoms with Gasteiger partial charge in [0, 0.05) is 22.5 Å². The second kappa shape index (κ2) is 7.87. The second-order valence-electron chi connectivity index (χ2n) is 6.64. The van der Waals surface area contributed by atoms with Crippen LogP contribution in [0.25, 0.3) is 10.9 Å². The number of anilines is 1. The van der Waals surface area contributed by atoms with Crippen LogP contribution in [0.3, 0.4) is 0 Å². The van der Waals surface area contributed by atoms with E-state index >= 15 is 0 Å². The molecule has 2 aromatic carbocycles. The number of unbranched alkanes of at least 4 members (excludes halogenated alkanes) is 1. The number of alkyl halides is 3. The van der Waals surface area contributed by atoms with Crippen molar-refractivity contribution in [2.45, 2.75) is 39.4 Å². The maximum atomic E-state index is 13.4. The lowest BCUT2D eigenvalue weighted by Gasteiger charge is -2.16. The van der Waals surface area contributed by atoms with Crippen molar-refractivity contribution in [2.24, 2.45) is 0 Å². The molecule has 0 saturated heterocycles. The van der Waals surface area contributed by atoms with Gasteiger partial charge in [0.1, 0.15) is 5.69 Å². The molecule has 0 atom stereocenters. The van der Waals surface area contributed by atoms with Crippen LogP contribution in [0.4, 0.5) is 18.9 Å². The van der Waals surface area contributed by atoms with Gasteiger partial charge in [-0.1, -0.05) is 43.1 Å². The average molecular weight is 409 g/mol. The molecule has 0 aliphatic carbocycles. The monoisotopic (exact) mass is 408 g/mol. The molecule has 0 unspecified atom stereocenters. The summed E-state index contributed by atoms with van der Waals surface area (Å²) in [4.78, 5) is 13.0. The summed E-state index contributed by atoms with van der Waals surface area (Å²) in [6.07, 6.45) is -2.84. The van der Waals surface area contributed by atoms with Crippen molar-refractivity contribution >= 4 is 34.1 Å². The van der Waals surface area contributed by atoms with Crippen LogP contribution in [0.5, 0.6) is 0 Å². The van der Waals surface area contributed by atoms with Gasteiger partial charge >= 0.3 is 6.18 Å². The van der Waals surface area contributed by atoms with E-state index < -0.39 is 17.6 Å². The lowest BCUT2D eigenvalue weighted by atomic mass is 10.1. The second-order valence-corrected chi connectivity index (χ2v) is 7.07. The number of halogens is 4. The summed E-state index contributed by atoms with van der Waals surface area (Å²) in [5, 5.41) is 3.31. The van der Waals surface area contributed by atoms with Gasteiger partial charge in [-0.25, -0.2) is 0 Å². The number of fused-ring (bicyclic) bond motifs is 1. The van der Waals surface area contributed by atoms with Crippen molar-refractivity contribution < 1.29 is 18.0 Å². The Morgan fingerprint density at radius 3 is 2.57 bits per heavy atom. The van der Waals surface area contributed by atoms with Crippen molar-refractivity contribution in [3.8, 4) is 0 Å². The standard InChI is InChI=1S/C21H20ClF3N2O/c1-3-4-11-27-18-8-6-5-7-15(18)13(2)19(27)20(28)26-17-10-9-14(22)12-16(17)21(23,24)25/h5-10,12H,3-4,11H2,1-2H3,(H,26,28). The maximum absolute atomic E-state index is 13.4. The summed E-state index contributed by atoms with van der Waals surface area (Å²) in [6, 6.07) is 10.9. The zero-order valence-corrected chi connectivity index (χ0v) is 16.3. The number of rotatable bonds is 5. The molecule has 0 spiro atoms. The first-order chi connectivity index (χ1) is 13.2. The van der Waals surface area contributed by atoms with Crippen LogP contribution in [0.2, 0.25) is 5.02 Å². The van der Waals surface area contributed by atoms with Gasteiger partial charge in [-0.15, -0.1) is 0 Å². The first-order valence-corrected chi connectivity index (χ1v) is 9.37. The number of hydrogen-bond donors (Lipinski definition) is 1. The number of benzene rings is 2. The molecule has 148 valence electrons. The Labute approximate surface area is 166 Å². The van der Waals surface area contributed by atoms with E-state index in [9.17, 15) is 18.0 Å². The van der Waals surface area contributed by atoms with Crippen LogP contribution in [0.15, 0.2) is 42.5 Å². The molecule has 3 rings (SSSR count). The van der Waals surface area contributed by atoms with Gasteiger partial charge in [0.05, 0.1) is 11.3 Å². The number of hydrogen-bond acceptors (Lipinski definition) is 1. The molecule has 1 aromatic heterocycles. The van der Waals surface area contributed by atoms with Crippen molar-refractivity contribution in [2.75, 3.05) is 5.32 Å². The lowest BCUT2D eigenvalue weighted by molar-refractivity contribution is -0.136. The molecule has 7 heteroatoms. The molecule has 0 saturated carbocycles. The summed E-state index contributed by atoms with van der Waals surface area (Å²) in [6.45, 7) is 4.47. The van der Waals surface area contributed by atoms with Crippen LogP contribution >= 0.6 is 11.6 Å². The summed E-state index contributed by atoms with van der Waals surface area (Å²) >= 11 is 5.72. The molecule has 1 amide bonds. The number of para-hydroxylation sites is 1. The average Bonchev–Trinajstić information content (AvgIpc) is 2.93. The predicted octanol–water partition coefficient (Wildman–Crippen LogP) is 6.67. The van der Waals surface area contributed by atoms with Gasteiger partial charge < -0.3 is 9.88 Å². The molecule has 1 heterocycles. The summed E-state index contributed by atoms with van der Waals surface area (Å²) in [7, 11) is 0. The Hall–Kier alpha value is -2.47. The highest BCUT2D eigenvalue weighted by Gasteiger charge is 2.34. The third-order valence-electron chi connectivity index (χ3n) is 4.71. The van der Waals surface area contributed by atoms with E-state index in [0.717, 1.165) is 35.4 Å². The molecular weight excluding hydrogens is 389 g/mol. The smallest absolute Gasteiger partial charge is 0.336 e. The van der Waals surface area contributed by atoms with Gasteiger partial charge in [0.25, 0.3) is 5.91 Å².